The van der Waals surface area contributed by atoms with E-state index in [-0.39, 0.29) is 29.9 Å². The van der Waals surface area contributed by atoms with E-state index >= 15 is 0 Å². The molecule has 6 heteroatoms. The van der Waals surface area contributed by atoms with Gasteiger partial charge in [-0.25, -0.2) is 17.6 Å². The summed E-state index contributed by atoms with van der Waals surface area (Å²) in [6.07, 6.45) is 5.17. The summed E-state index contributed by atoms with van der Waals surface area (Å²) in [5, 5.41) is 0. The van der Waals surface area contributed by atoms with Crippen LogP contribution in [0.3, 0.4) is 0 Å². The number of halogens is 4. The predicted molar refractivity (Wildman–Crippen MR) is 112 cm³/mol. The molecule has 0 aromatic heterocycles. The molecule has 0 bridgehead atoms. The van der Waals surface area contributed by atoms with Gasteiger partial charge in [-0.15, -0.1) is 0 Å². The smallest absolute Gasteiger partial charge is 0.309 e. The molecule has 2 nitrogen and oxygen atoms in total. The summed E-state index contributed by atoms with van der Waals surface area (Å²) in [7, 11) is 0. The van der Waals surface area contributed by atoms with Crippen LogP contribution in [0.1, 0.15) is 95.1 Å². The van der Waals surface area contributed by atoms with Crippen LogP contribution in [-0.2, 0) is 16.0 Å². The fourth-order valence-corrected chi connectivity index (χ4v) is 5.15. The molecule has 2 aliphatic carbocycles. The highest BCUT2D eigenvalue weighted by atomic mass is 19.3. The fraction of sp³-hybridized carbons (Fsp3) is 0.720. The fourth-order valence-electron chi connectivity index (χ4n) is 5.15. The highest BCUT2D eigenvalue weighted by molar-refractivity contribution is 5.72. The largest absolute Gasteiger partial charge is 0.456 e. The molecule has 0 aliphatic heterocycles. The van der Waals surface area contributed by atoms with Crippen molar-refractivity contribution in [2.45, 2.75) is 102 Å². The summed E-state index contributed by atoms with van der Waals surface area (Å²) in [6.45, 7) is 3.87. The van der Waals surface area contributed by atoms with Gasteiger partial charge in [-0.2, -0.15) is 0 Å². The summed E-state index contributed by atoms with van der Waals surface area (Å²) >= 11 is 0. The van der Waals surface area contributed by atoms with Crippen molar-refractivity contribution in [1.82, 2.24) is 0 Å². The Morgan fingerprint density at radius 3 is 2.35 bits per heavy atom. The number of esters is 1. The zero-order valence-electron chi connectivity index (χ0n) is 18.6. The Labute approximate surface area is 182 Å². The third-order valence-corrected chi connectivity index (χ3v) is 7.18. The molecule has 2 saturated carbocycles. The van der Waals surface area contributed by atoms with Gasteiger partial charge in [0.2, 0.25) is 0 Å². The minimum Gasteiger partial charge on any atom is -0.456 e. The average molecular weight is 443 g/mol. The highest BCUT2D eigenvalue weighted by Gasteiger charge is 2.49. The molecule has 2 aliphatic rings. The van der Waals surface area contributed by atoms with Crippen LogP contribution >= 0.6 is 0 Å². The lowest BCUT2D eigenvalue weighted by atomic mass is 9.79. The van der Waals surface area contributed by atoms with Gasteiger partial charge in [-0.3, -0.25) is 4.79 Å². The number of ether oxygens (including phenoxy) is 1. The van der Waals surface area contributed by atoms with E-state index < -0.39 is 42.0 Å². The van der Waals surface area contributed by atoms with Crippen molar-refractivity contribution in [3.8, 4) is 0 Å². The summed E-state index contributed by atoms with van der Waals surface area (Å²) in [5.41, 5.74) is 0.226. The number of rotatable bonds is 7. The number of unbranched alkanes of at least 4 members (excludes halogenated alkanes) is 1. The molecule has 0 spiro atoms. The lowest BCUT2D eigenvalue weighted by molar-refractivity contribution is -0.188. The van der Waals surface area contributed by atoms with Gasteiger partial charge in [-0.05, 0) is 67.9 Å². The maximum absolute atomic E-state index is 14.8. The topological polar surface area (TPSA) is 26.3 Å². The van der Waals surface area contributed by atoms with Crippen molar-refractivity contribution in [2.24, 2.45) is 11.8 Å². The van der Waals surface area contributed by atoms with Crippen molar-refractivity contribution in [3.63, 3.8) is 0 Å². The maximum Gasteiger partial charge on any atom is 0.309 e. The van der Waals surface area contributed by atoms with Crippen LogP contribution in [0, 0.1) is 23.5 Å². The quantitative estimate of drug-likeness (QED) is 0.326. The summed E-state index contributed by atoms with van der Waals surface area (Å²) in [6, 6.07) is 2.89. The van der Waals surface area contributed by atoms with Gasteiger partial charge in [0.05, 0.1) is 5.92 Å². The SMILES string of the molecule is CCCCC1CCC(C(=O)OC2CCC(c3ccc(CC)c(F)c3F)CC2(F)F)CC1. The Morgan fingerprint density at radius 2 is 1.74 bits per heavy atom. The molecule has 0 amide bonds. The molecule has 0 N–H and O–H groups in total. The molecule has 1 aromatic carbocycles. The Balaban J connectivity index is 1.57. The maximum atomic E-state index is 14.8. The van der Waals surface area contributed by atoms with Gasteiger partial charge in [0.25, 0.3) is 5.92 Å². The Kier molecular flexibility index (Phi) is 8.03. The van der Waals surface area contributed by atoms with Crippen LogP contribution in [-0.4, -0.2) is 18.0 Å². The first-order chi connectivity index (χ1) is 14.8. The van der Waals surface area contributed by atoms with E-state index in [4.69, 9.17) is 4.74 Å². The van der Waals surface area contributed by atoms with E-state index in [2.05, 4.69) is 6.92 Å². The minimum absolute atomic E-state index is 0.00967. The molecule has 0 radical (unpaired) electrons. The van der Waals surface area contributed by atoms with E-state index in [1.807, 2.05) is 0 Å². The predicted octanol–water partition coefficient (Wildman–Crippen LogP) is 7.34. The number of carbonyl (C=O) groups excluding carboxylic acids is 1. The Bertz CT molecular complexity index is 756. The number of hydrogen-bond donors (Lipinski definition) is 0. The first kappa shape index (κ1) is 24.1. The van der Waals surface area contributed by atoms with Crippen LogP contribution in [0.5, 0.6) is 0 Å². The number of hydrogen-bond acceptors (Lipinski definition) is 2. The van der Waals surface area contributed by atoms with Gasteiger partial charge in [0.15, 0.2) is 17.7 Å². The van der Waals surface area contributed by atoms with Crippen molar-refractivity contribution >= 4 is 5.97 Å². The Morgan fingerprint density at radius 1 is 1.03 bits per heavy atom. The molecule has 2 unspecified atom stereocenters. The van der Waals surface area contributed by atoms with Crippen molar-refractivity contribution in [1.29, 1.82) is 0 Å². The van der Waals surface area contributed by atoms with Crippen LogP contribution < -0.4 is 0 Å². The van der Waals surface area contributed by atoms with E-state index in [0.717, 1.165) is 25.7 Å². The lowest BCUT2D eigenvalue weighted by Gasteiger charge is -2.37. The van der Waals surface area contributed by atoms with E-state index in [9.17, 15) is 22.4 Å². The van der Waals surface area contributed by atoms with Crippen molar-refractivity contribution in [3.05, 3.63) is 34.9 Å². The molecule has 2 atom stereocenters. The standard InChI is InChI=1S/C25H34F4O2/c1-3-5-6-16-7-9-18(10-8-16)24(30)31-21-14-12-19(15-25(21,28)29)20-13-11-17(4-2)22(26)23(20)27/h11,13,16,18-19,21H,3-10,12,14-15H2,1-2H3. The number of alkyl halides is 2. The molecular formula is C25H34F4O2. The number of carbonyl (C=O) groups is 1. The molecule has 0 saturated heterocycles. The molecule has 174 valence electrons. The van der Waals surface area contributed by atoms with Gasteiger partial charge in [-0.1, -0.05) is 45.2 Å². The van der Waals surface area contributed by atoms with Gasteiger partial charge < -0.3 is 4.74 Å². The summed E-state index contributed by atoms with van der Waals surface area (Å²) < 4.78 is 63.5. The van der Waals surface area contributed by atoms with Gasteiger partial charge in [0, 0.05) is 6.42 Å². The van der Waals surface area contributed by atoms with E-state index in [1.165, 1.54) is 18.6 Å². The third kappa shape index (κ3) is 5.61. The van der Waals surface area contributed by atoms with Crippen LogP contribution in [0.25, 0.3) is 0 Å². The van der Waals surface area contributed by atoms with Crippen LogP contribution in [0.15, 0.2) is 12.1 Å². The zero-order valence-corrected chi connectivity index (χ0v) is 18.6. The first-order valence-electron chi connectivity index (χ1n) is 11.8. The van der Waals surface area contributed by atoms with Crippen molar-refractivity contribution < 1.29 is 27.1 Å². The van der Waals surface area contributed by atoms with Gasteiger partial charge >= 0.3 is 5.97 Å². The van der Waals surface area contributed by atoms with Crippen molar-refractivity contribution in [2.75, 3.05) is 0 Å². The third-order valence-electron chi connectivity index (χ3n) is 7.18. The zero-order chi connectivity index (χ0) is 22.6. The Hall–Kier alpha value is -1.59. The van der Waals surface area contributed by atoms with Crippen LogP contribution in [0.4, 0.5) is 17.6 Å². The molecule has 0 heterocycles. The summed E-state index contributed by atoms with van der Waals surface area (Å²) in [4.78, 5) is 12.5. The second-order valence-corrected chi connectivity index (χ2v) is 9.32. The first-order valence-corrected chi connectivity index (χ1v) is 11.8. The average Bonchev–Trinajstić information content (AvgIpc) is 2.75. The normalized spacial score (nSPS) is 28.3. The molecule has 1 aromatic rings. The monoisotopic (exact) mass is 442 g/mol. The second-order valence-electron chi connectivity index (χ2n) is 9.32. The lowest BCUT2D eigenvalue weighted by Crippen LogP contribution is -2.43. The van der Waals surface area contributed by atoms with Gasteiger partial charge in [0.1, 0.15) is 0 Å². The highest BCUT2D eigenvalue weighted by Crippen LogP contribution is 2.45. The second kappa shape index (κ2) is 10.4. The molecule has 3 rings (SSSR count). The number of aryl methyl sites for hydroxylation is 1. The molecule has 2 fully saturated rings. The van der Waals surface area contributed by atoms with E-state index in [1.54, 1.807) is 6.92 Å². The van der Waals surface area contributed by atoms with Crippen LogP contribution in [0.2, 0.25) is 0 Å². The molecule has 31 heavy (non-hydrogen) atoms. The molecular weight excluding hydrogens is 408 g/mol. The summed E-state index contributed by atoms with van der Waals surface area (Å²) in [5.74, 6) is -6.25. The number of benzene rings is 1. The van der Waals surface area contributed by atoms with E-state index in [0.29, 0.717) is 25.2 Å². The minimum atomic E-state index is -3.26.